The van der Waals surface area contributed by atoms with Crippen molar-refractivity contribution in [2.24, 2.45) is 0 Å². The summed E-state index contributed by atoms with van der Waals surface area (Å²) in [5.74, 6) is 0. The fourth-order valence-electron chi connectivity index (χ4n) is 4.82. The van der Waals surface area contributed by atoms with Crippen LogP contribution in [0.1, 0.15) is 15.1 Å². The zero-order valence-electron chi connectivity index (χ0n) is 29.1. The quantitative estimate of drug-likeness (QED) is 0.177. The summed E-state index contributed by atoms with van der Waals surface area (Å²) in [4.78, 5) is 0. The first kappa shape index (κ1) is 11.2. The first-order valence-corrected chi connectivity index (χ1v) is 11.1. The monoisotopic (exact) mass is 455 g/mol. The lowest BCUT2D eigenvalue weighted by Crippen LogP contribution is -1.83. The molecule has 0 spiro atoms. The van der Waals surface area contributed by atoms with Crippen molar-refractivity contribution in [3.05, 3.63) is 121 Å². The molecule has 1 nitrogen and oxygen atoms in total. The minimum atomic E-state index is -0.593. The fraction of sp³-hybridized carbons (Fsp3) is 0. The second-order valence-electron chi connectivity index (χ2n) is 8.48. The molecule has 1 heteroatoms. The highest BCUT2D eigenvalue weighted by atomic mass is 16.3. The van der Waals surface area contributed by atoms with E-state index in [0.717, 1.165) is 16.2 Å². The van der Waals surface area contributed by atoms with Gasteiger partial charge in [0, 0.05) is 10.8 Å². The molecule has 0 saturated carbocycles. The molecule has 8 rings (SSSR count). The van der Waals surface area contributed by atoms with E-state index in [1.54, 1.807) is 18.2 Å². The van der Waals surface area contributed by atoms with Gasteiger partial charge in [0.1, 0.15) is 11.2 Å². The summed E-state index contributed by atoms with van der Waals surface area (Å²) in [6, 6.07) is 11.6. The van der Waals surface area contributed by atoms with Crippen LogP contribution in [-0.2, 0) is 0 Å². The van der Waals surface area contributed by atoms with Crippen LogP contribution >= 0.6 is 0 Å². The van der Waals surface area contributed by atoms with Gasteiger partial charge in [-0.1, -0.05) is 84.7 Å². The molecule has 0 aliphatic heterocycles. The highest BCUT2D eigenvalue weighted by molar-refractivity contribution is 6.17. The summed E-state index contributed by atoms with van der Waals surface area (Å²) in [5, 5.41) is 2.08. The van der Waals surface area contributed by atoms with Gasteiger partial charge in [-0.25, -0.2) is 0 Å². The van der Waals surface area contributed by atoms with Gasteiger partial charge in [0.25, 0.3) is 0 Å². The number of fused-ring (bicyclic) bond motifs is 8. The van der Waals surface area contributed by atoms with Crippen molar-refractivity contribution in [3.63, 3.8) is 0 Å². The van der Waals surface area contributed by atoms with Crippen molar-refractivity contribution in [2.75, 3.05) is 0 Å². The SMILES string of the molecule is [2H]c1c([2H])c([2H])c2c([2H])c3c(c([2H])c([2H])c4c([2H])c([2H])c(-c5cccc6oc7cc8ccccc8cc7c56)c([2H])c43)c([2H])c2c1[2H]. The standard InChI is InChI=1S/C34H20O/c1-2-7-23-17-30-26(16-22(23)6-1)14-12-21-13-15-27(19-29(21)30)28-10-5-11-32-34(28)31-18-24-8-3-4-9-25(24)20-33(31)35-32/h1-20H/i1D,2D,6D,7D,12D,13D,14D,15D,16D,17D,19D. The Bertz CT molecular complexity index is 2710. The van der Waals surface area contributed by atoms with Crippen LogP contribution < -0.4 is 0 Å². The minimum absolute atomic E-state index is 0.0402. The molecule has 0 atom stereocenters. The van der Waals surface area contributed by atoms with Crippen LogP contribution in [0, 0.1) is 0 Å². The Kier molecular flexibility index (Phi) is 2.22. The van der Waals surface area contributed by atoms with Crippen LogP contribution in [0.2, 0.25) is 0 Å². The number of furan rings is 1. The summed E-state index contributed by atoms with van der Waals surface area (Å²) in [6.45, 7) is 0. The van der Waals surface area contributed by atoms with E-state index in [-0.39, 0.29) is 50.0 Å². The Labute approximate surface area is 217 Å². The Morgan fingerprint density at radius 1 is 0.514 bits per heavy atom. The number of rotatable bonds is 1. The summed E-state index contributed by atoms with van der Waals surface area (Å²) < 4.78 is 103. The lowest BCUT2D eigenvalue weighted by atomic mass is 9.93. The predicted molar refractivity (Wildman–Crippen MR) is 149 cm³/mol. The maximum atomic E-state index is 9.50. The molecule has 8 aromatic rings. The number of hydrogen-bond acceptors (Lipinski definition) is 1. The molecule has 0 saturated heterocycles. The molecule has 0 unspecified atom stereocenters. The predicted octanol–water partition coefficient (Wildman–Crippen LogP) is 9.87. The highest BCUT2D eigenvalue weighted by Gasteiger charge is 2.14. The van der Waals surface area contributed by atoms with E-state index in [9.17, 15) is 2.74 Å². The average molecular weight is 456 g/mol. The molecule has 0 amide bonds. The zero-order valence-corrected chi connectivity index (χ0v) is 18.1. The molecule has 0 N–H and O–H groups in total. The smallest absolute Gasteiger partial charge is 0.136 e. The van der Waals surface area contributed by atoms with E-state index in [4.69, 9.17) is 16.8 Å². The van der Waals surface area contributed by atoms with Gasteiger partial charge in [-0.2, -0.15) is 0 Å². The van der Waals surface area contributed by atoms with E-state index in [1.807, 2.05) is 36.4 Å². The first-order valence-electron chi connectivity index (χ1n) is 16.6. The van der Waals surface area contributed by atoms with Crippen LogP contribution in [0.4, 0.5) is 0 Å². The number of hydrogen-bond donors (Lipinski definition) is 0. The Balaban J connectivity index is 1.61. The molecule has 162 valence electrons. The molecule has 7 aromatic carbocycles. The van der Waals surface area contributed by atoms with Crippen LogP contribution in [0.3, 0.4) is 0 Å². The van der Waals surface area contributed by atoms with Crippen molar-refractivity contribution in [1.29, 1.82) is 0 Å². The maximum Gasteiger partial charge on any atom is 0.136 e. The topological polar surface area (TPSA) is 13.1 Å². The second kappa shape index (κ2) is 6.94. The van der Waals surface area contributed by atoms with Gasteiger partial charge in [0.15, 0.2) is 0 Å². The Morgan fingerprint density at radius 2 is 1.26 bits per heavy atom. The lowest BCUT2D eigenvalue weighted by Gasteiger charge is -2.10. The van der Waals surface area contributed by atoms with Crippen molar-refractivity contribution >= 4 is 65.0 Å². The zero-order chi connectivity index (χ0) is 32.5. The molecule has 1 heterocycles. The van der Waals surface area contributed by atoms with Gasteiger partial charge in [-0.05, 0) is 90.5 Å². The van der Waals surface area contributed by atoms with E-state index in [2.05, 4.69) is 0 Å². The van der Waals surface area contributed by atoms with Crippen molar-refractivity contribution < 1.29 is 19.5 Å². The number of benzene rings is 7. The molecule has 0 bridgehead atoms. The van der Waals surface area contributed by atoms with E-state index in [0.29, 0.717) is 22.1 Å². The molecule has 0 aliphatic rings. The lowest BCUT2D eigenvalue weighted by molar-refractivity contribution is 0.669. The second-order valence-corrected chi connectivity index (χ2v) is 8.48. The van der Waals surface area contributed by atoms with Crippen LogP contribution in [0.15, 0.2) is 125 Å². The normalized spacial score (nSPS) is 16.4. The van der Waals surface area contributed by atoms with Crippen molar-refractivity contribution in [2.45, 2.75) is 0 Å². The van der Waals surface area contributed by atoms with Gasteiger partial charge in [0.05, 0.1) is 15.1 Å². The molecular formula is C34H20O. The third kappa shape index (κ3) is 2.76. The summed E-state index contributed by atoms with van der Waals surface area (Å²) in [7, 11) is 0. The molecule has 0 aliphatic carbocycles. The van der Waals surface area contributed by atoms with Gasteiger partial charge in [-0.3, -0.25) is 0 Å². The Hall–Kier alpha value is -4.62. The van der Waals surface area contributed by atoms with Gasteiger partial charge in [-0.15, -0.1) is 0 Å². The summed E-state index contributed by atoms with van der Waals surface area (Å²) in [6.07, 6.45) is 0. The largest absolute Gasteiger partial charge is 0.456 e. The van der Waals surface area contributed by atoms with Gasteiger partial charge in [0.2, 0.25) is 0 Å². The van der Waals surface area contributed by atoms with Gasteiger partial charge >= 0.3 is 0 Å². The molecular weight excluding hydrogens is 424 g/mol. The van der Waals surface area contributed by atoms with E-state index < -0.39 is 54.4 Å². The molecule has 0 fully saturated rings. The Morgan fingerprint density at radius 3 is 2.14 bits per heavy atom. The van der Waals surface area contributed by atoms with Crippen molar-refractivity contribution in [3.8, 4) is 11.1 Å². The third-order valence-corrected chi connectivity index (χ3v) is 6.45. The summed E-state index contributed by atoms with van der Waals surface area (Å²) in [5.41, 5.74) is 1.56. The van der Waals surface area contributed by atoms with Crippen LogP contribution in [0.25, 0.3) is 76.2 Å². The van der Waals surface area contributed by atoms with Gasteiger partial charge < -0.3 is 4.42 Å². The molecule has 35 heavy (non-hydrogen) atoms. The van der Waals surface area contributed by atoms with Crippen molar-refractivity contribution in [1.82, 2.24) is 0 Å². The summed E-state index contributed by atoms with van der Waals surface area (Å²) >= 11 is 0. The molecule has 0 radical (unpaired) electrons. The fourth-order valence-corrected chi connectivity index (χ4v) is 4.82. The minimum Gasteiger partial charge on any atom is -0.456 e. The maximum absolute atomic E-state index is 9.50. The van der Waals surface area contributed by atoms with E-state index >= 15 is 0 Å². The van der Waals surface area contributed by atoms with E-state index in [1.165, 1.54) is 0 Å². The average Bonchev–Trinajstić information content (AvgIpc) is 3.41. The third-order valence-electron chi connectivity index (χ3n) is 6.45. The van der Waals surface area contributed by atoms with Crippen LogP contribution in [-0.4, -0.2) is 0 Å². The highest BCUT2D eigenvalue weighted by Crippen LogP contribution is 2.40. The molecule has 1 aromatic heterocycles. The first-order chi connectivity index (χ1) is 21.9. The van der Waals surface area contributed by atoms with Crippen LogP contribution in [0.5, 0.6) is 0 Å².